The molecule has 4 aromatic rings. The topological polar surface area (TPSA) is 117 Å². The number of ether oxygens (including phenoxy) is 1. The third-order valence-electron chi connectivity index (χ3n) is 7.03. The standard InChI is InChI=1S/C26H27N5O5S/c1-14-22(24(32)27-2)17-6-5-16(11-19(17)29(14)3)36-20-7-9-28-18-12-21(37-23(18)20)25(33)31-10-8-15(13-31)30(4)26(34)35/h5-7,9,11-12,15H,8,10,13H2,1-4H3,(H,27,32)(H,34,35)/t15-/m1/s1. The van der Waals surface area contributed by atoms with E-state index in [1.54, 1.807) is 30.3 Å². The molecule has 0 spiro atoms. The second-order valence-corrected chi connectivity index (χ2v) is 10.2. The molecular weight excluding hydrogens is 494 g/mol. The average Bonchev–Trinajstić information content (AvgIpc) is 3.61. The molecule has 1 saturated heterocycles. The molecule has 4 heterocycles. The zero-order valence-electron chi connectivity index (χ0n) is 20.9. The van der Waals surface area contributed by atoms with Gasteiger partial charge in [-0.1, -0.05) is 0 Å². The molecule has 3 amide bonds. The first kappa shape index (κ1) is 24.6. The van der Waals surface area contributed by atoms with Gasteiger partial charge in [0.25, 0.3) is 11.8 Å². The van der Waals surface area contributed by atoms with Gasteiger partial charge in [-0.15, -0.1) is 11.3 Å². The molecule has 37 heavy (non-hydrogen) atoms. The van der Waals surface area contributed by atoms with Crippen LogP contribution in [0.3, 0.4) is 0 Å². The minimum atomic E-state index is -0.999. The lowest BCUT2D eigenvalue weighted by Crippen LogP contribution is -2.39. The van der Waals surface area contributed by atoms with Crippen LogP contribution in [0, 0.1) is 6.92 Å². The van der Waals surface area contributed by atoms with Gasteiger partial charge in [0.2, 0.25) is 0 Å². The number of carboxylic acid groups (broad SMARTS) is 1. The second-order valence-electron chi connectivity index (χ2n) is 9.10. The number of nitrogens with one attached hydrogen (secondary N) is 1. The van der Waals surface area contributed by atoms with Crippen molar-refractivity contribution in [1.82, 2.24) is 24.7 Å². The van der Waals surface area contributed by atoms with Gasteiger partial charge in [0.1, 0.15) is 11.5 Å². The Balaban J connectivity index is 1.42. The van der Waals surface area contributed by atoms with Crippen LogP contribution in [0.4, 0.5) is 4.79 Å². The summed E-state index contributed by atoms with van der Waals surface area (Å²) in [7, 11) is 5.05. The van der Waals surface area contributed by atoms with Crippen LogP contribution < -0.4 is 10.1 Å². The summed E-state index contributed by atoms with van der Waals surface area (Å²) in [6.45, 7) is 2.77. The van der Waals surface area contributed by atoms with Gasteiger partial charge in [-0.2, -0.15) is 0 Å². The highest BCUT2D eigenvalue weighted by molar-refractivity contribution is 7.21. The van der Waals surface area contributed by atoms with Gasteiger partial charge in [0, 0.05) is 63.6 Å². The van der Waals surface area contributed by atoms with E-state index in [0.717, 1.165) is 21.3 Å². The quantitative estimate of drug-likeness (QED) is 0.409. The van der Waals surface area contributed by atoms with Crippen molar-refractivity contribution in [3.63, 3.8) is 0 Å². The molecule has 1 fully saturated rings. The molecule has 3 aromatic heterocycles. The van der Waals surface area contributed by atoms with Crippen LogP contribution in [0.5, 0.6) is 11.5 Å². The number of benzene rings is 1. The first-order valence-electron chi connectivity index (χ1n) is 11.8. The maximum atomic E-state index is 13.2. The number of likely N-dealkylation sites (tertiary alicyclic amines) is 1. The van der Waals surface area contributed by atoms with Crippen molar-refractivity contribution in [2.75, 3.05) is 27.2 Å². The van der Waals surface area contributed by atoms with E-state index >= 15 is 0 Å². The Morgan fingerprint density at radius 3 is 2.76 bits per heavy atom. The van der Waals surface area contributed by atoms with Gasteiger partial charge in [-0.25, -0.2) is 4.79 Å². The van der Waals surface area contributed by atoms with Crippen LogP contribution in [0.25, 0.3) is 21.1 Å². The first-order valence-corrected chi connectivity index (χ1v) is 12.6. The fourth-order valence-corrected chi connectivity index (χ4v) is 5.83. The Morgan fingerprint density at radius 2 is 2.03 bits per heavy atom. The maximum absolute atomic E-state index is 13.2. The number of hydrogen-bond donors (Lipinski definition) is 2. The number of fused-ring (bicyclic) bond motifs is 2. The van der Waals surface area contributed by atoms with Gasteiger partial charge in [0.15, 0.2) is 0 Å². The molecule has 1 aliphatic rings. The first-order chi connectivity index (χ1) is 17.7. The number of thiophene rings is 1. The van der Waals surface area contributed by atoms with E-state index in [9.17, 15) is 19.5 Å². The number of hydrogen-bond acceptors (Lipinski definition) is 6. The molecular formula is C26H27N5O5S. The number of nitrogens with zero attached hydrogens (tertiary/aromatic N) is 4. The fraction of sp³-hybridized carbons (Fsp3) is 0.308. The van der Waals surface area contributed by atoms with Crippen LogP contribution in [0.1, 0.15) is 32.1 Å². The molecule has 0 saturated carbocycles. The lowest BCUT2D eigenvalue weighted by molar-refractivity contribution is 0.0781. The molecule has 1 atom stereocenters. The number of likely N-dealkylation sites (N-methyl/N-ethyl adjacent to an activating group) is 1. The number of carbonyl (C=O) groups excluding carboxylic acids is 2. The zero-order valence-corrected chi connectivity index (χ0v) is 21.8. The third kappa shape index (κ3) is 4.25. The van der Waals surface area contributed by atoms with E-state index in [-0.39, 0.29) is 17.9 Å². The number of aryl methyl sites for hydroxylation is 1. The van der Waals surface area contributed by atoms with Crippen molar-refractivity contribution < 1.29 is 24.2 Å². The summed E-state index contributed by atoms with van der Waals surface area (Å²) in [5, 5.41) is 12.8. The van der Waals surface area contributed by atoms with Crippen molar-refractivity contribution in [1.29, 1.82) is 0 Å². The Morgan fingerprint density at radius 1 is 1.24 bits per heavy atom. The molecule has 192 valence electrons. The lowest BCUT2D eigenvalue weighted by Gasteiger charge is -2.21. The Hall–Kier alpha value is -4.12. The fourth-order valence-electron chi connectivity index (χ4n) is 4.80. The van der Waals surface area contributed by atoms with E-state index in [1.807, 2.05) is 36.7 Å². The van der Waals surface area contributed by atoms with Gasteiger partial charge in [0.05, 0.1) is 32.2 Å². The Labute approximate surface area is 217 Å². The Bertz CT molecular complexity index is 1560. The minimum Gasteiger partial charge on any atom is -0.465 e. The molecule has 5 rings (SSSR count). The molecule has 11 heteroatoms. The molecule has 1 aliphatic heterocycles. The van der Waals surface area contributed by atoms with E-state index in [1.165, 1.54) is 23.3 Å². The number of rotatable bonds is 5. The highest BCUT2D eigenvalue weighted by atomic mass is 32.1. The smallest absolute Gasteiger partial charge is 0.407 e. The normalized spacial score (nSPS) is 15.4. The van der Waals surface area contributed by atoms with Gasteiger partial charge in [-0.3, -0.25) is 14.6 Å². The van der Waals surface area contributed by atoms with Crippen molar-refractivity contribution in [3.05, 3.63) is 52.7 Å². The number of aromatic nitrogens is 2. The van der Waals surface area contributed by atoms with E-state index in [4.69, 9.17) is 4.74 Å². The molecule has 0 aliphatic carbocycles. The second kappa shape index (κ2) is 9.40. The van der Waals surface area contributed by atoms with Crippen molar-refractivity contribution >= 4 is 50.4 Å². The summed E-state index contributed by atoms with van der Waals surface area (Å²) in [4.78, 5) is 44.7. The predicted octanol–water partition coefficient (Wildman–Crippen LogP) is 4.07. The van der Waals surface area contributed by atoms with Crippen molar-refractivity contribution in [2.24, 2.45) is 7.05 Å². The molecule has 0 radical (unpaired) electrons. The molecule has 10 nitrogen and oxygen atoms in total. The highest BCUT2D eigenvalue weighted by Gasteiger charge is 2.32. The Kier molecular flexibility index (Phi) is 6.24. The zero-order chi connectivity index (χ0) is 26.4. The van der Waals surface area contributed by atoms with E-state index in [2.05, 4.69) is 10.3 Å². The molecule has 0 unspecified atom stereocenters. The van der Waals surface area contributed by atoms with Crippen molar-refractivity contribution in [3.8, 4) is 11.5 Å². The number of carbonyl (C=O) groups is 3. The summed E-state index contributed by atoms with van der Waals surface area (Å²) in [6, 6.07) is 8.89. The van der Waals surface area contributed by atoms with Crippen LogP contribution >= 0.6 is 11.3 Å². The van der Waals surface area contributed by atoms with Crippen LogP contribution in [0.15, 0.2) is 36.5 Å². The van der Waals surface area contributed by atoms with Gasteiger partial charge in [-0.05, 0) is 31.5 Å². The minimum absolute atomic E-state index is 0.137. The highest BCUT2D eigenvalue weighted by Crippen LogP contribution is 2.37. The van der Waals surface area contributed by atoms with Crippen LogP contribution in [0.2, 0.25) is 0 Å². The largest absolute Gasteiger partial charge is 0.465 e. The number of pyridine rings is 1. The maximum Gasteiger partial charge on any atom is 0.407 e. The summed E-state index contributed by atoms with van der Waals surface area (Å²) in [5.74, 6) is 0.903. The summed E-state index contributed by atoms with van der Waals surface area (Å²) >= 11 is 1.31. The van der Waals surface area contributed by atoms with Gasteiger partial charge < -0.3 is 29.5 Å². The molecule has 2 N–H and O–H groups in total. The third-order valence-corrected chi connectivity index (χ3v) is 8.16. The van der Waals surface area contributed by atoms with E-state index < -0.39 is 6.09 Å². The SMILES string of the molecule is CNC(=O)c1c(C)n(C)c2cc(Oc3ccnc4cc(C(=O)N5CC[C@@H](N(C)C(=O)O)C5)sc34)ccc12. The van der Waals surface area contributed by atoms with Gasteiger partial charge >= 0.3 is 6.09 Å². The number of amides is 3. The van der Waals surface area contributed by atoms with Crippen molar-refractivity contribution in [2.45, 2.75) is 19.4 Å². The van der Waals surface area contributed by atoms with Crippen LogP contribution in [-0.2, 0) is 7.05 Å². The summed E-state index contributed by atoms with van der Waals surface area (Å²) in [6.07, 6.45) is 1.25. The monoisotopic (exact) mass is 521 g/mol. The molecule has 1 aromatic carbocycles. The lowest BCUT2D eigenvalue weighted by atomic mass is 10.1. The predicted molar refractivity (Wildman–Crippen MR) is 141 cm³/mol. The molecule has 0 bridgehead atoms. The average molecular weight is 522 g/mol. The van der Waals surface area contributed by atoms with E-state index in [0.29, 0.717) is 47.0 Å². The summed E-state index contributed by atoms with van der Waals surface area (Å²) < 4.78 is 8.95. The van der Waals surface area contributed by atoms with Crippen LogP contribution in [-0.4, -0.2) is 75.6 Å². The summed E-state index contributed by atoms with van der Waals surface area (Å²) in [5.41, 5.74) is 3.02.